The summed E-state index contributed by atoms with van der Waals surface area (Å²) in [6, 6.07) is 18.1. The highest BCUT2D eigenvalue weighted by Gasteiger charge is 2.24. The van der Waals surface area contributed by atoms with Gasteiger partial charge in [-0.2, -0.15) is 0 Å². The standard InChI is InChI=1S/C23H31N3O4S/c1-20(18-25-14-16-30-17-15-25)26(19-21-8-4-2-5-9-21)23(27)12-13-24-31(28,29)22-10-6-3-7-11-22/h2-11,20,24H,12-19H2,1H3. The molecule has 2 aromatic rings. The lowest BCUT2D eigenvalue weighted by Crippen LogP contribution is -2.48. The number of nitrogens with zero attached hydrogens (tertiary/aromatic N) is 2. The SMILES string of the molecule is CC(CN1CCOCC1)N(Cc1ccccc1)C(=O)CCNS(=O)(=O)c1ccccc1. The molecule has 0 saturated carbocycles. The number of carbonyl (C=O) groups excluding carboxylic acids is 1. The fourth-order valence-electron chi connectivity index (χ4n) is 3.64. The maximum atomic E-state index is 13.1. The third-order valence-electron chi connectivity index (χ3n) is 5.36. The van der Waals surface area contributed by atoms with E-state index in [-0.39, 0.29) is 29.8 Å². The molecule has 0 aliphatic carbocycles. The number of rotatable bonds is 10. The van der Waals surface area contributed by atoms with Gasteiger partial charge in [-0.1, -0.05) is 48.5 Å². The largest absolute Gasteiger partial charge is 0.379 e. The van der Waals surface area contributed by atoms with Gasteiger partial charge < -0.3 is 9.64 Å². The Hall–Kier alpha value is -2.26. The Bertz CT molecular complexity index is 916. The Balaban J connectivity index is 1.62. The lowest BCUT2D eigenvalue weighted by molar-refractivity contribution is -0.134. The van der Waals surface area contributed by atoms with Crippen LogP contribution < -0.4 is 4.72 Å². The second kappa shape index (κ2) is 11.4. The zero-order valence-electron chi connectivity index (χ0n) is 17.9. The Labute approximate surface area is 185 Å². The molecule has 0 radical (unpaired) electrons. The molecule has 0 aromatic heterocycles. The third-order valence-corrected chi connectivity index (χ3v) is 6.84. The molecule has 1 amide bonds. The zero-order valence-corrected chi connectivity index (χ0v) is 18.8. The van der Waals surface area contributed by atoms with E-state index in [0.29, 0.717) is 19.8 Å². The van der Waals surface area contributed by atoms with Crippen molar-refractivity contribution in [2.24, 2.45) is 0 Å². The summed E-state index contributed by atoms with van der Waals surface area (Å²) < 4.78 is 32.8. The molecular formula is C23H31N3O4S. The molecule has 1 saturated heterocycles. The topological polar surface area (TPSA) is 79.0 Å². The number of ether oxygens (including phenoxy) is 1. The smallest absolute Gasteiger partial charge is 0.240 e. The van der Waals surface area contributed by atoms with Crippen molar-refractivity contribution in [2.45, 2.75) is 30.8 Å². The lowest BCUT2D eigenvalue weighted by atomic mass is 10.1. The predicted octanol–water partition coefficient (Wildman–Crippen LogP) is 2.10. The van der Waals surface area contributed by atoms with Crippen molar-refractivity contribution >= 4 is 15.9 Å². The van der Waals surface area contributed by atoms with E-state index >= 15 is 0 Å². The van der Waals surface area contributed by atoms with Crippen LogP contribution in [0.2, 0.25) is 0 Å². The Kier molecular flexibility index (Phi) is 8.60. The van der Waals surface area contributed by atoms with E-state index in [4.69, 9.17) is 4.74 Å². The minimum Gasteiger partial charge on any atom is -0.379 e. The van der Waals surface area contributed by atoms with Gasteiger partial charge in [0.15, 0.2) is 0 Å². The van der Waals surface area contributed by atoms with Crippen LogP contribution in [-0.4, -0.2) is 69.6 Å². The Morgan fingerprint density at radius 2 is 1.68 bits per heavy atom. The lowest BCUT2D eigenvalue weighted by Gasteiger charge is -2.35. The molecule has 1 N–H and O–H groups in total. The van der Waals surface area contributed by atoms with E-state index in [1.165, 1.54) is 12.1 Å². The van der Waals surface area contributed by atoms with E-state index in [9.17, 15) is 13.2 Å². The van der Waals surface area contributed by atoms with Gasteiger partial charge in [-0.05, 0) is 24.6 Å². The van der Waals surface area contributed by atoms with Crippen molar-refractivity contribution < 1.29 is 17.9 Å². The first-order chi connectivity index (χ1) is 15.0. The third kappa shape index (κ3) is 7.14. The van der Waals surface area contributed by atoms with Gasteiger partial charge in [-0.15, -0.1) is 0 Å². The molecule has 2 aromatic carbocycles. The van der Waals surface area contributed by atoms with E-state index in [1.807, 2.05) is 42.2 Å². The van der Waals surface area contributed by atoms with Crippen molar-refractivity contribution in [3.63, 3.8) is 0 Å². The minimum atomic E-state index is -3.63. The van der Waals surface area contributed by atoms with Crippen molar-refractivity contribution in [1.29, 1.82) is 0 Å². The maximum absolute atomic E-state index is 13.1. The summed E-state index contributed by atoms with van der Waals surface area (Å²) in [4.78, 5) is 17.5. The number of hydrogen-bond donors (Lipinski definition) is 1. The fraction of sp³-hybridized carbons (Fsp3) is 0.435. The van der Waals surface area contributed by atoms with Crippen LogP contribution in [0.4, 0.5) is 0 Å². The molecule has 31 heavy (non-hydrogen) atoms. The fourth-order valence-corrected chi connectivity index (χ4v) is 4.70. The van der Waals surface area contributed by atoms with Crippen LogP contribution >= 0.6 is 0 Å². The molecule has 1 heterocycles. The summed E-state index contributed by atoms with van der Waals surface area (Å²) in [5, 5.41) is 0. The van der Waals surface area contributed by atoms with Gasteiger partial charge in [0.2, 0.25) is 15.9 Å². The molecule has 1 fully saturated rings. The minimum absolute atomic E-state index is 0.00321. The van der Waals surface area contributed by atoms with Crippen LogP contribution in [0.5, 0.6) is 0 Å². The molecule has 0 spiro atoms. The van der Waals surface area contributed by atoms with Gasteiger partial charge in [-0.25, -0.2) is 13.1 Å². The Morgan fingerprint density at radius 1 is 1.06 bits per heavy atom. The number of nitrogens with one attached hydrogen (secondary N) is 1. The first kappa shape index (κ1) is 23.4. The van der Waals surface area contributed by atoms with Gasteiger partial charge in [0.25, 0.3) is 0 Å². The van der Waals surface area contributed by atoms with Crippen LogP contribution in [0.15, 0.2) is 65.6 Å². The molecule has 1 unspecified atom stereocenters. The molecule has 168 valence electrons. The van der Waals surface area contributed by atoms with Crippen LogP contribution in [0.1, 0.15) is 18.9 Å². The van der Waals surface area contributed by atoms with E-state index in [1.54, 1.807) is 18.2 Å². The molecule has 1 aliphatic rings. The zero-order chi connectivity index (χ0) is 22.1. The summed E-state index contributed by atoms with van der Waals surface area (Å²) in [5.41, 5.74) is 1.05. The van der Waals surface area contributed by atoms with Crippen LogP contribution in [-0.2, 0) is 26.1 Å². The number of benzene rings is 2. The quantitative estimate of drug-likeness (QED) is 0.606. The molecule has 1 aliphatic heterocycles. The summed E-state index contributed by atoms with van der Waals surface area (Å²) in [5.74, 6) is -0.0691. The average Bonchev–Trinajstić information content (AvgIpc) is 2.79. The molecule has 1 atom stereocenters. The summed E-state index contributed by atoms with van der Waals surface area (Å²) in [7, 11) is -3.63. The van der Waals surface area contributed by atoms with Crippen LogP contribution in [0.25, 0.3) is 0 Å². The van der Waals surface area contributed by atoms with Gasteiger partial charge in [0.05, 0.1) is 18.1 Å². The number of amides is 1. The highest BCUT2D eigenvalue weighted by molar-refractivity contribution is 7.89. The summed E-state index contributed by atoms with van der Waals surface area (Å²) in [6.07, 6.45) is 0.104. The van der Waals surface area contributed by atoms with Crippen LogP contribution in [0, 0.1) is 0 Å². The molecule has 8 heteroatoms. The second-order valence-corrected chi connectivity index (χ2v) is 9.50. The van der Waals surface area contributed by atoms with Crippen molar-refractivity contribution in [2.75, 3.05) is 39.4 Å². The highest BCUT2D eigenvalue weighted by Crippen LogP contribution is 2.13. The number of hydrogen-bond acceptors (Lipinski definition) is 5. The molecular weight excluding hydrogens is 414 g/mol. The summed E-state index contributed by atoms with van der Waals surface area (Å²) >= 11 is 0. The van der Waals surface area contributed by atoms with Gasteiger partial charge in [0.1, 0.15) is 0 Å². The Morgan fingerprint density at radius 3 is 2.32 bits per heavy atom. The van der Waals surface area contributed by atoms with E-state index in [0.717, 1.165) is 25.2 Å². The molecule has 0 bridgehead atoms. The average molecular weight is 446 g/mol. The second-order valence-electron chi connectivity index (χ2n) is 7.73. The maximum Gasteiger partial charge on any atom is 0.240 e. The van der Waals surface area contributed by atoms with Crippen molar-refractivity contribution in [1.82, 2.24) is 14.5 Å². The summed E-state index contributed by atoms with van der Waals surface area (Å²) in [6.45, 7) is 6.49. The van der Waals surface area contributed by atoms with Gasteiger partial charge in [0, 0.05) is 45.2 Å². The van der Waals surface area contributed by atoms with Gasteiger partial charge >= 0.3 is 0 Å². The normalized spacial score (nSPS) is 16.0. The molecule has 3 rings (SSSR count). The number of carbonyl (C=O) groups is 1. The van der Waals surface area contributed by atoms with E-state index < -0.39 is 10.0 Å². The first-order valence-electron chi connectivity index (χ1n) is 10.6. The molecule has 7 nitrogen and oxygen atoms in total. The first-order valence-corrected chi connectivity index (χ1v) is 12.1. The number of sulfonamides is 1. The van der Waals surface area contributed by atoms with E-state index in [2.05, 4.69) is 9.62 Å². The predicted molar refractivity (Wildman–Crippen MR) is 120 cm³/mol. The van der Waals surface area contributed by atoms with Gasteiger partial charge in [-0.3, -0.25) is 9.69 Å². The number of morpholine rings is 1. The van der Waals surface area contributed by atoms with Crippen molar-refractivity contribution in [3.8, 4) is 0 Å². The van der Waals surface area contributed by atoms with Crippen molar-refractivity contribution in [3.05, 3.63) is 66.2 Å². The highest BCUT2D eigenvalue weighted by atomic mass is 32.2. The monoisotopic (exact) mass is 445 g/mol. The van der Waals surface area contributed by atoms with Crippen LogP contribution in [0.3, 0.4) is 0 Å².